The number of hydrogen-bond donors (Lipinski definition) is 2. The van der Waals surface area contributed by atoms with E-state index in [9.17, 15) is 4.79 Å². The number of carbonyl (C=O) groups excluding carboxylic acids is 1. The average molecular weight is 382 g/mol. The summed E-state index contributed by atoms with van der Waals surface area (Å²) in [6, 6.07) is 16.6. The second-order valence-electron chi connectivity index (χ2n) is 6.28. The van der Waals surface area contributed by atoms with Crippen LogP contribution in [0.3, 0.4) is 0 Å². The van der Waals surface area contributed by atoms with Gasteiger partial charge in [-0.1, -0.05) is 11.6 Å². The van der Waals surface area contributed by atoms with E-state index in [-0.39, 0.29) is 11.6 Å². The quantitative estimate of drug-likeness (QED) is 0.680. The van der Waals surface area contributed by atoms with Gasteiger partial charge in [-0.3, -0.25) is 4.79 Å². The number of rotatable bonds is 5. The molecule has 3 rings (SSSR count). The van der Waals surface area contributed by atoms with Crippen LogP contribution in [0.4, 0.5) is 22.9 Å². The third-order valence-corrected chi connectivity index (χ3v) is 4.23. The lowest BCUT2D eigenvalue weighted by atomic mass is 10.2. The third kappa shape index (κ3) is 4.74. The van der Waals surface area contributed by atoms with Crippen LogP contribution in [-0.2, 0) is 0 Å². The monoisotopic (exact) mass is 381 g/mol. The van der Waals surface area contributed by atoms with Crippen LogP contribution < -0.4 is 15.5 Å². The van der Waals surface area contributed by atoms with Crippen molar-refractivity contribution in [1.29, 1.82) is 0 Å². The van der Waals surface area contributed by atoms with Gasteiger partial charge in [-0.05, 0) is 67.1 Å². The molecule has 2 aromatic carbocycles. The molecule has 27 heavy (non-hydrogen) atoms. The van der Waals surface area contributed by atoms with Gasteiger partial charge in [0, 0.05) is 36.2 Å². The number of aryl methyl sites for hydroxylation is 1. The van der Waals surface area contributed by atoms with Crippen LogP contribution in [0.1, 0.15) is 16.1 Å². The zero-order chi connectivity index (χ0) is 19.4. The first kappa shape index (κ1) is 18.7. The molecular weight excluding hydrogens is 362 g/mol. The maximum absolute atomic E-state index is 12.4. The van der Waals surface area contributed by atoms with Gasteiger partial charge in [0.2, 0.25) is 0 Å². The molecule has 1 aromatic heterocycles. The molecule has 0 aliphatic carbocycles. The van der Waals surface area contributed by atoms with E-state index in [4.69, 9.17) is 11.6 Å². The summed E-state index contributed by atoms with van der Waals surface area (Å²) in [7, 11) is 3.98. The molecule has 0 unspecified atom stereocenters. The molecule has 3 aromatic rings. The molecule has 0 radical (unpaired) electrons. The Kier molecular flexibility index (Phi) is 5.57. The van der Waals surface area contributed by atoms with Gasteiger partial charge in [0.1, 0.15) is 0 Å². The molecule has 0 fully saturated rings. The lowest BCUT2D eigenvalue weighted by Crippen LogP contribution is -2.15. The summed E-state index contributed by atoms with van der Waals surface area (Å²) in [6.07, 6.45) is 0. The predicted molar refractivity (Wildman–Crippen MR) is 110 cm³/mol. The maximum atomic E-state index is 12.4. The Hall–Kier alpha value is -3.12. The van der Waals surface area contributed by atoms with E-state index in [0.717, 1.165) is 16.9 Å². The fourth-order valence-electron chi connectivity index (χ4n) is 2.46. The van der Waals surface area contributed by atoms with Gasteiger partial charge in [-0.25, -0.2) is 0 Å². The fourth-order valence-corrected chi connectivity index (χ4v) is 2.69. The first-order chi connectivity index (χ1) is 12.9. The van der Waals surface area contributed by atoms with E-state index in [1.807, 2.05) is 50.2 Å². The SMILES string of the molecule is Cc1cc(Cl)ccc1NC(=O)c1ccc(Nc2ccc(N(C)C)cc2)nn1. The van der Waals surface area contributed by atoms with Gasteiger partial charge in [-0.2, -0.15) is 0 Å². The van der Waals surface area contributed by atoms with E-state index < -0.39 is 0 Å². The van der Waals surface area contributed by atoms with Crippen LogP contribution in [0.25, 0.3) is 0 Å². The van der Waals surface area contributed by atoms with E-state index >= 15 is 0 Å². The molecule has 6 nitrogen and oxygen atoms in total. The number of nitrogens with zero attached hydrogens (tertiary/aromatic N) is 3. The number of aromatic nitrogens is 2. The third-order valence-electron chi connectivity index (χ3n) is 3.99. The van der Waals surface area contributed by atoms with Crippen molar-refractivity contribution in [3.8, 4) is 0 Å². The minimum Gasteiger partial charge on any atom is -0.378 e. The van der Waals surface area contributed by atoms with Gasteiger partial charge in [0.05, 0.1) is 0 Å². The number of halogens is 1. The smallest absolute Gasteiger partial charge is 0.276 e. The number of anilines is 4. The first-order valence-electron chi connectivity index (χ1n) is 8.38. The van der Waals surface area contributed by atoms with E-state index in [1.165, 1.54) is 0 Å². The highest BCUT2D eigenvalue weighted by Gasteiger charge is 2.10. The molecule has 0 saturated heterocycles. The zero-order valence-electron chi connectivity index (χ0n) is 15.3. The molecule has 0 atom stereocenters. The average Bonchev–Trinajstić information content (AvgIpc) is 2.65. The van der Waals surface area contributed by atoms with E-state index in [1.54, 1.807) is 30.3 Å². The minimum atomic E-state index is -0.324. The Bertz CT molecular complexity index is 940. The molecule has 0 saturated carbocycles. The summed E-state index contributed by atoms with van der Waals surface area (Å²) in [4.78, 5) is 14.4. The summed E-state index contributed by atoms with van der Waals surface area (Å²) in [6.45, 7) is 1.88. The first-order valence-corrected chi connectivity index (χ1v) is 8.76. The van der Waals surface area contributed by atoms with Crippen molar-refractivity contribution in [2.24, 2.45) is 0 Å². The van der Waals surface area contributed by atoms with Gasteiger partial charge >= 0.3 is 0 Å². The van der Waals surface area contributed by atoms with Crippen molar-refractivity contribution in [3.05, 3.63) is 70.9 Å². The van der Waals surface area contributed by atoms with E-state index in [2.05, 4.69) is 20.8 Å². The standard InChI is InChI=1S/C20H20ClN5O/c1-13-12-14(21)4-9-17(13)23-20(27)18-10-11-19(25-24-18)22-15-5-7-16(8-6-15)26(2)3/h4-12H,1-3H3,(H,22,25)(H,23,27). The fraction of sp³-hybridized carbons (Fsp3) is 0.150. The largest absolute Gasteiger partial charge is 0.378 e. The molecule has 138 valence electrons. The molecule has 1 amide bonds. The second-order valence-corrected chi connectivity index (χ2v) is 6.72. The molecule has 2 N–H and O–H groups in total. The highest BCUT2D eigenvalue weighted by molar-refractivity contribution is 6.30. The Morgan fingerprint density at radius 2 is 1.74 bits per heavy atom. The van der Waals surface area contributed by atoms with Gasteiger partial charge in [0.15, 0.2) is 11.5 Å². The molecule has 7 heteroatoms. The van der Waals surface area contributed by atoms with Crippen molar-refractivity contribution in [2.45, 2.75) is 6.92 Å². The van der Waals surface area contributed by atoms with Crippen LogP contribution in [0, 0.1) is 6.92 Å². The molecule has 1 heterocycles. The summed E-state index contributed by atoms with van der Waals surface area (Å²) in [5, 5.41) is 14.7. The van der Waals surface area contributed by atoms with Crippen molar-refractivity contribution < 1.29 is 4.79 Å². The lowest BCUT2D eigenvalue weighted by Gasteiger charge is -2.13. The normalized spacial score (nSPS) is 10.4. The lowest BCUT2D eigenvalue weighted by molar-refractivity contribution is 0.102. The zero-order valence-corrected chi connectivity index (χ0v) is 16.1. The van der Waals surface area contributed by atoms with Crippen molar-refractivity contribution in [1.82, 2.24) is 10.2 Å². The summed E-state index contributed by atoms with van der Waals surface area (Å²) < 4.78 is 0. The Labute approximate surface area is 163 Å². The highest BCUT2D eigenvalue weighted by atomic mass is 35.5. The van der Waals surface area contributed by atoms with Gasteiger partial charge < -0.3 is 15.5 Å². The van der Waals surface area contributed by atoms with Crippen LogP contribution in [0.15, 0.2) is 54.6 Å². The van der Waals surface area contributed by atoms with Gasteiger partial charge in [-0.15, -0.1) is 10.2 Å². The molecule has 0 aliphatic rings. The predicted octanol–water partition coefficient (Wildman–Crippen LogP) is 4.50. The van der Waals surface area contributed by atoms with Crippen molar-refractivity contribution >= 4 is 40.4 Å². The number of benzene rings is 2. The number of hydrogen-bond acceptors (Lipinski definition) is 5. The maximum Gasteiger partial charge on any atom is 0.276 e. The second kappa shape index (κ2) is 8.05. The van der Waals surface area contributed by atoms with Gasteiger partial charge in [0.25, 0.3) is 5.91 Å². The number of amides is 1. The van der Waals surface area contributed by atoms with Crippen LogP contribution in [-0.4, -0.2) is 30.2 Å². The van der Waals surface area contributed by atoms with Crippen LogP contribution >= 0.6 is 11.6 Å². The van der Waals surface area contributed by atoms with Crippen molar-refractivity contribution in [3.63, 3.8) is 0 Å². The topological polar surface area (TPSA) is 70.2 Å². The highest BCUT2D eigenvalue weighted by Crippen LogP contribution is 2.21. The molecule has 0 bridgehead atoms. The Morgan fingerprint density at radius 3 is 2.33 bits per heavy atom. The van der Waals surface area contributed by atoms with E-state index in [0.29, 0.717) is 16.5 Å². The summed E-state index contributed by atoms with van der Waals surface area (Å²) in [5.41, 5.74) is 3.80. The molecule has 0 aliphatic heterocycles. The van der Waals surface area contributed by atoms with Crippen molar-refractivity contribution in [2.75, 3.05) is 29.6 Å². The summed E-state index contributed by atoms with van der Waals surface area (Å²) >= 11 is 5.93. The molecular formula is C20H20ClN5O. The number of carbonyl (C=O) groups is 1. The summed E-state index contributed by atoms with van der Waals surface area (Å²) in [5.74, 6) is 0.238. The van der Waals surface area contributed by atoms with Crippen LogP contribution in [0.2, 0.25) is 5.02 Å². The molecule has 0 spiro atoms. The Morgan fingerprint density at radius 1 is 1.00 bits per heavy atom. The van der Waals surface area contributed by atoms with Crippen LogP contribution in [0.5, 0.6) is 0 Å². The minimum absolute atomic E-state index is 0.234. The Balaban J connectivity index is 1.66. The number of nitrogens with one attached hydrogen (secondary N) is 2.